The molecule has 1 aliphatic heterocycles. The molecule has 2 aromatic rings. The van der Waals surface area contributed by atoms with Crippen molar-refractivity contribution < 1.29 is 39.6 Å². The van der Waals surface area contributed by atoms with Crippen LogP contribution in [-0.2, 0) is 27.0 Å². The van der Waals surface area contributed by atoms with Crippen LogP contribution in [0.15, 0.2) is 52.3 Å². The molecule has 0 bridgehead atoms. The second kappa shape index (κ2) is 9.34. The maximum Gasteiger partial charge on any atom is 0.416 e. The number of hydrogen-bond donors (Lipinski definition) is 0. The van der Waals surface area contributed by atoms with Gasteiger partial charge in [-0.3, -0.25) is 4.79 Å². The van der Waals surface area contributed by atoms with Gasteiger partial charge in [0.2, 0.25) is 5.91 Å². The van der Waals surface area contributed by atoms with Gasteiger partial charge < -0.3 is 4.90 Å². The summed E-state index contributed by atoms with van der Waals surface area (Å²) in [6.07, 6.45) is -7.69. The summed E-state index contributed by atoms with van der Waals surface area (Å²) < 4.78 is 104. The molecule has 1 aliphatic rings. The van der Waals surface area contributed by atoms with Crippen molar-refractivity contribution in [1.82, 2.24) is 0 Å². The van der Waals surface area contributed by atoms with Gasteiger partial charge in [-0.25, -0.2) is 8.42 Å². The largest absolute Gasteiger partial charge is 0.416 e. The highest BCUT2D eigenvalue weighted by Gasteiger charge is 2.46. The first-order valence-corrected chi connectivity index (χ1v) is 13.2. The van der Waals surface area contributed by atoms with E-state index in [1.165, 1.54) is 24.8 Å². The minimum absolute atomic E-state index is 0.0595. The minimum Gasteiger partial charge on any atom is -0.311 e. The van der Waals surface area contributed by atoms with E-state index in [2.05, 4.69) is 0 Å². The lowest BCUT2D eigenvalue weighted by molar-refractivity contribution is -0.138. The molecule has 12 heteroatoms. The van der Waals surface area contributed by atoms with Crippen LogP contribution in [-0.4, -0.2) is 31.9 Å². The number of sulfone groups is 1. The Balaban J connectivity index is 1.87. The first-order chi connectivity index (χ1) is 16.0. The molecule has 3 rings (SSSR count). The van der Waals surface area contributed by atoms with Gasteiger partial charge in [-0.15, -0.1) is 11.8 Å². The summed E-state index contributed by atoms with van der Waals surface area (Å²) in [6, 6.07) is 6.54. The maximum absolute atomic E-state index is 13.3. The van der Waals surface area contributed by atoms with Gasteiger partial charge in [-0.05, 0) is 68.8 Å². The van der Waals surface area contributed by atoms with Gasteiger partial charge in [0.25, 0.3) is 0 Å². The fourth-order valence-electron chi connectivity index (χ4n) is 4.12. The zero-order valence-electron chi connectivity index (χ0n) is 19.0. The van der Waals surface area contributed by atoms with Crippen molar-refractivity contribution in [3.05, 3.63) is 53.6 Å². The highest BCUT2D eigenvalue weighted by molar-refractivity contribution is 7.98. The van der Waals surface area contributed by atoms with Gasteiger partial charge in [0.1, 0.15) is 0 Å². The first-order valence-electron chi connectivity index (χ1n) is 10.5. The lowest BCUT2D eigenvalue weighted by Gasteiger charge is -2.40. The molecule has 0 aliphatic carbocycles. The number of anilines is 1. The minimum atomic E-state index is -4.71. The van der Waals surface area contributed by atoms with E-state index >= 15 is 0 Å². The molecule has 0 saturated carbocycles. The topological polar surface area (TPSA) is 54.5 Å². The first kappa shape index (κ1) is 27.4. The van der Waals surface area contributed by atoms with Gasteiger partial charge in [-0.2, -0.15) is 26.3 Å². The van der Waals surface area contributed by atoms with Crippen molar-refractivity contribution >= 4 is 33.2 Å². The molecule has 1 saturated heterocycles. The number of amides is 1. The van der Waals surface area contributed by atoms with Crippen LogP contribution in [0.2, 0.25) is 0 Å². The number of alkyl halides is 6. The number of hydrogen-bond acceptors (Lipinski definition) is 4. The van der Waals surface area contributed by atoms with Gasteiger partial charge in [0.15, 0.2) is 9.84 Å². The summed E-state index contributed by atoms with van der Waals surface area (Å²) in [7, 11) is -4.26. The number of carbonyl (C=O) groups excluding carboxylic acids is 1. The molecule has 1 amide bonds. The van der Waals surface area contributed by atoms with Crippen LogP contribution in [0.4, 0.5) is 32.0 Å². The van der Waals surface area contributed by atoms with Crippen LogP contribution in [0, 0.1) is 5.92 Å². The fraction of sp³-hybridized carbons (Fsp3) is 0.435. The molecular formula is C23H23F6NO3S2. The van der Waals surface area contributed by atoms with Gasteiger partial charge >= 0.3 is 12.4 Å². The van der Waals surface area contributed by atoms with E-state index in [1.807, 2.05) is 0 Å². The molecule has 0 spiro atoms. The normalized spacial score (nSPS) is 18.1. The van der Waals surface area contributed by atoms with Crippen LogP contribution >= 0.6 is 11.8 Å². The van der Waals surface area contributed by atoms with E-state index in [0.29, 0.717) is 11.8 Å². The number of halogens is 6. The molecule has 1 heterocycles. The molecule has 1 atom stereocenters. The number of thioether (sulfide) groups is 1. The third-order valence-corrected chi connectivity index (χ3v) is 9.73. The third kappa shape index (κ3) is 5.32. The van der Waals surface area contributed by atoms with Crippen LogP contribution in [0.3, 0.4) is 0 Å². The van der Waals surface area contributed by atoms with Crippen molar-refractivity contribution in [3.8, 4) is 0 Å². The molecule has 0 N–H and O–H groups in total. The van der Waals surface area contributed by atoms with Crippen molar-refractivity contribution in [2.45, 2.75) is 53.6 Å². The van der Waals surface area contributed by atoms with E-state index in [1.54, 1.807) is 6.26 Å². The summed E-state index contributed by atoms with van der Waals surface area (Å²) in [5, 5.41) is 0. The molecule has 1 fully saturated rings. The second-order valence-electron chi connectivity index (χ2n) is 8.75. The molecule has 0 radical (unpaired) electrons. The molecule has 4 nitrogen and oxygen atoms in total. The molecular weight excluding hydrogens is 516 g/mol. The van der Waals surface area contributed by atoms with E-state index in [4.69, 9.17) is 0 Å². The van der Waals surface area contributed by atoms with E-state index in [9.17, 15) is 39.6 Å². The number of rotatable bonds is 5. The summed E-state index contributed by atoms with van der Waals surface area (Å²) in [4.78, 5) is 14.1. The molecule has 192 valence electrons. The molecule has 35 heavy (non-hydrogen) atoms. The Morgan fingerprint density at radius 2 is 1.54 bits per heavy atom. The number of nitrogens with zero attached hydrogens (tertiary/aromatic N) is 1. The van der Waals surface area contributed by atoms with Crippen LogP contribution in [0.1, 0.15) is 37.8 Å². The standard InChI is InChI=1S/C23H23F6NO3S2/c1-21(2,35(32,33)17-6-4-5-15(11-17)22(24,25)26)14-9-10-30(20(31)13-14)18-8-7-16(23(27,28)29)12-19(18)34-3/h4-8,11-12,14H,9-10,13H2,1-3H3/t14-/m1/s1. The fourth-order valence-corrected chi connectivity index (χ4v) is 6.54. The third-order valence-electron chi connectivity index (χ3n) is 6.37. The van der Waals surface area contributed by atoms with Gasteiger partial charge in [0.05, 0.1) is 26.5 Å². The second-order valence-corrected chi connectivity index (χ2v) is 12.1. The zero-order chi connectivity index (χ0) is 26.4. The average molecular weight is 540 g/mol. The van der Waals surface area contributed by atoms with Gasteiger partial charge in [-0.1, -0.05) is 6.07 Å². The van der Waals surface area contributed by atoms with Crippen LogP contribution in [0.5, 0.6) is 0 Å². The van der Waals surface area contributed by atoms with Crippen LogP contribution in [0.25, 0.3) is 0 Å². The smallest absolute Gasteiger partial charge is 0.311 e. The van der Waals surface area contributed by atoms with Crippen molar-refractivity contribution in [1.29, 1.82) is 0 Å². The molecule has 2 aromatic carbocycles. The Labute approximate surface area is 203 Å². The monoisotopic (exact) mass is 539 g/mol. The Bertz CT molecular complexity index is 1220. The average Bonchev–Trinajstić information content (AvgIpc) is 2.77. The SMILES string of the molecule is CSc1cc(C(F)(F)F)ccc1N1CC[C@@H](C(C)(C)S(=O)(=O)c2cccc(C(F)(F)F)c2)CC1=O. The molecule has 0 aromatic heterocycles. The predicted octanol–water partition coefficient (Wildman–Crippen LogP) is 6.44. The van der Waals surface area contributed by atoms with E-state index in [0.717, 1.165) is 42.1 Å². The Kier molecular flexibility index (Phi) is 7.31. The Hall–Kier alpha value is -2.21. The summed E-state index contributed by atoms with van der Waals surface area (Å²) in [6.45, 7) is 2.81. The number of piperidine rings is 1. The summed E-state index contributed by atoms with van der Waals surface area (Å²) >= 11 is 1.05. The number of benzene rings is 2. The highest BCUT2D eigenvalue weighted by Crippen LogP contribution is 2.42. The van der Waals surface area contributed by atoms with Crippen molar-refractivity contribution in [2.24, 2.45) is 5.92 Å². The van der Waals surface area contributed by atoms with E-state index < -0.39 is 54.8 Å². The summed E-state index contributed by atoms with van der Waals surface area (Å²) in [5.41, 5.74) is -1.64. The summed E-state index contributed by atoms with van der Waals surface area (Å²) in [5.74, 6) is -1.18. The molecule has 0 unspecified atom stereocenters. The van der Waals surface area contributed by atoms with E-state index in [-0.39, 0.29) is 24.3 Å². The lowest BCUT2D eigenvalue weighted by Crippen LogP contribution is -2.48. The van der Waals surface area contributed by atoms with Crippen molar-refractivity contribution in [2.75, 3.05) is 17.7 Å². The zero-order valence-corrected chi connectivity index (χ0v) is 20.6. The Morgan fingerprint density at radius 3 is 2.09 bits per heavy atom. The van der Waals surface area contributed by atoms with Gasteiger partial charge in [0, 0.05) is 17.9 Å². The highest BCUT2D eigenvalue weighted by atomic mass is 32.2. The van der Waals surface area contributed by atoms with Crippen molar-refractivity contribution in [3.63, 3.8) is 0 Å². The lowest BCUT2D eigenvalue weighted by atomic mass is 9.85. The van der Waals surface area contributed by atoms with Crippen LogP contribution < -0.4 is 4.90 Å². The number of carbonyl (C=O) groups is 1. The predicted molar refractivity (Wildman–Crippen MR) is 121 cm³/mol. The Morgan fingerprint density at radius 1 is 0.943 bits per heavy atom. The maximum atomic E-state index is 13.3. The quantitative estimate of drug-likeness (QED) is 0.324.